The molecule has 24 heavy (non-hydrogen) atoms. The first-order valence-corrected chi connectivity index (χ1v) is 7.19. The van der Waals surface area contributed by atoms with Crippen molar-refractivity contribution in [3.63, 3.8) is 0 Å². The summed E-state index contributed by atoms with van der Waals surface area (Å²) in [4.78, 5) is 24.6. The Morgan fingerprint density at radius 3 is 2.29 bits per heavy atom. The van der Waals surface area contributed by atoms with Crippen LogP contribution in [0.4, 0.5) is 5.69 Å². The van der Waals surface area contributed by atoms with Gasteiger partial charge in [0, 0.05) is 11.8 Å². The van der Waals surface area contributed by atoms with E-state index in [-0.39, 0.29) is 11.5 Å². The number of nitrogens with one attached hydrogen (secondary N) is 2. The summed E-state index contributed by atoms with van der Waals surface area (Å²) in [7, 11) is 0. The normalized spacial score (nSPS) is 11.1. The zero-order valence-corrected chi connectivity index (χ0v) is 12.6. The van der Waals surface area contributed by atoms with Crippen LogP contribution in [0.1, 0.15) is 16.3 Å². The molecular weight excluding hydrogens is 308 g/mol. The summed E-state index contributed by atoms with van der Waals surface area (Å²) in [6, 6.07) is 15.4. The Labute approximate surface area is 137 Å². The number of rotatable bonds is 5. The van der Waals surface area contributed by atoms with E-state index in [9.17, 15) is 9.59 Å². The van der Waals surface area contributed by atoms with Gasteiger partial charge in [0.15, 0.2) is 5.76 Å². The van der Waals surface area contributed by atoms with Crippen LogP contribution in [0.5, 0.6) is 0 Å². The predicted molar refractivity (Wildman–Crippen MR) is 87.9 cm³/mol. The lowest BCUT2D eigenvalue weighted by atomic mass is 10.2. The molecule has 1 aromatic carbocycles. The van der Waals surface area contributed by atoms with E-state index in [0.29, 0.717) is 11.4 Å². The molecule has 0 unspecified atom stereocenters. The highest BCUT2D eigenvalue weighted by molar-refractivity contribution is 6.10. The molecule has 2 N–H and O–H groups in total. The van der Waals surface area contributed by atoms with Crippen molar-refractivity contribution in [2.75, 3.05) is 5.32 Å². The Hall–Kier alpha value is -3.54. The van der Waals surface area contributed by atoms with Crippen LogP contribution in [0.3, 0.4) is 0 Å². The highest BCUT2D eigenvalue weighted by Gasteiger charge is 2.17. The Morgan fingerprint density at radius 2 is 1.62 bits per heavy atom. The third-order valence-electron chi connectivity index (χ3n) is 3.10. The number of para-hydroxylation sites is 1. The number of hydrogen-bond donors (Lipinski definition) is 2. The van der Waals surface area contributed by atoms with E-state index in [1.165, 1.54) is 24.7 Å². The molecular formula is C18H14N2O4. The van der Waals surface area contributed by atoms with Crippen molar-refractivity contribution < 1.29 is 18.4 Å². The average Bonchev–Trinajstić information content (AvgIpc) is 3.29. The van der Waals surface area contributed by atoms with Gasteiger partial charge < -0.3 is 19.5 Å². The third kappa shape index (κ3) is 3.80. The van der Waals surface area contributed by atoms with Gasteiger partial charge in [0.05, 0.1) is 12.5 Å². The first-order chi connectivity index (χ1) is 11.7. The van der Waals surface area contributed by atoms with E-state index in [1.807, 2.05) is 6.07 Å². The Balaban J connectivity index is 1.82. The number of carbonyl (C=O) groups is 2. The third-order valence-corrected chi connectivity index (χ3v) is 3.10. The Bertz CT molecular complexity index is 835. The summed E-state index contributed by atoms with van der Waals surface area (Å²) in [6.07, 6.45) is 4.31. The minimum atomic E-state index is -0.527. The Kier molecular flexibility index (Phi) is 4.57. The molecule has 120 valence electrons. The number of furan rings is 2. The van der Waals surface area contributed by atoms with Crippen LogP contribution in [-0.2, 0) is 4.79 Å². The van der Waals surface area contributed by atoms with Gasteiger partial charge in [-0.1, -0.05) is 18.2 Å². The van der Waals surface area contributed by atoms with Crippen molar-refractivity contribution in [2.24, 2.45) is 0 Å². The molecule has 2 amide bonds. The molecule has 0 aliphatic rings. The van der Waals surface area contributed by atoms with Crippen LogP contribution in [0.2, 0.25) is 0 Å². The van der Waals surface area contributed by atoms with Crippen LogP contribution >= 0.6 is 0 Å². The van der Waals surface area contributed by atoms with Crippen molar-refractivity contribution in [2.45, 2.75) is 0 Å². The van der Waals surface area contributed by atoms with Crippen molar-refractivity contribution in [1.82, 2.24) is 5.32 Å². The number of amides is 2. The van der Waals surface area contributed by atoms with Crippen LogP contribution < -0.4 is 10.6 Å². The molecule has 6 nitrogen and oxygen atoms in total. The number of hydrogen-bond acceptors (Lipinski definition) is 4. The van der Waals surface area contributed by atoms with Gasteiger partial charge in [-0.3, -0.25) is 9.59 Å². The lowest BCUT2D eigenvalue weighted by Crippen LogP contribution is -2.30. The summed E-state index contributed by atoms with van der Waals surface area (Å²) in [5.41, 5.74) is 0.648. The second-order valence-corrected chi connectivity index (χ2v) is 4.83. The summed E-state index contributed by atoms with van der Waals surface area (Å²) in [5.74, 6) is -0.459. The van der Waals surface area contributed by atoms with Gasteiger partial charge >= 0.3 is 0 Å². The molecule has 3 rings (SSSR count). The van der Waals surface area contributed by atoms with Crippen LogP contribution in [0, 0.1) is 0 Å². The molecule has 0 fully saturated rings. The highest BCUT2D eigenvalue weighted by Crippen LogP contribution is 2.11. The molecule has 0 saturated heterocycles. The molecule has 0 radical (unpaired) electrons. The van der Waals surface area contributed by atoms with E-state index in [4.69, 9.17) is 8.83 Å². The highest BCUT2D eigenvalue weighted by atomic mass is 16.3. The molecule has 0 atom stereocenters. The van der Waals surface area contributed by atoms with E-state index in [1.54, 1.807) is 42.5 Å². The molecule has 0 aliphatic carbocycles. The van der Waals surface area contributed by atoms with Gasteiger partial charge in [0.1, 0.15) is 11.5 Å². The van der Waals surface area contributed by atoms with E-state index >= 15 is 0 Å². The first kappa shape index (κ1) is 15.4. The zero-order chi connectivity index (χ0) is 16.8. The van der Waals surface area contributed by atoms with E-state index in [2.05, 4.69) is 10.6 Å². The second-order valence-electron chi connectivity index (χ2n) is 4.83. The fourth-order valence-electron chi connectivity index (χ4n) is 1.99. The molecule has 2 heterocycles. The molecule has 2 aromatic heterocycles. The van der Waals surface area contributed by atoms with Crippen molar-refractivity contribution in [3.8, 4) is 0 Å². The van der Waals surface area contributed by atoms with E-state index < -0.39 is 11.8 Å². The van der Waals surface area contributed by atoms with Gasteiger partial charge in [-0.25, -0.2) is 0 Å². The number of benzene rings is 1. The zero-order valence-electron chi connectivity index (χ0n) is 12.6. The minimum absolute atomic E-state index is 0.0372. The molecule has 0 aliphatic heterocycles. The van der Waals surface area contributed by atoms with Gasteiger partial charge in [-0.15, -0.1) is 0 Å². The lowest BCUT2D eigenvalue weighted by Gasteiger charge is -2.09. The van der Waals surface area contributed by atoms with Crippen molar-refractivity contribution in [3.05, 3.63) is 84.3 Å². The molecule has 0 spiro atoms. The van der Waals surface area contributed by atoms with Crippen LogP contribution in [0.25, 0.3) is 6.08 Å². The SMILES string of the molecule is O=C(Nc1ccccc1)/C(=C\c1ccco1)NC(=O)c1ccco1. The van der Waals surface area contributed by atoms with Gasteiger partial charge in [-0.2, -0.15) is 0 Å². The maximum absolute atomic E-state index is 12.5. The first-order valence-electron chi connectivity index (χ1n) is 7.19. The maximum Gasteiger partial charge on any atom is 0.291 e. The average molecular weight is 322 g/mol. The van der Waals surface area contributed by atoms with Crippen LogP contribution in [-0.4, -0.2) is 11.8 Å². The van der Waals surface area contributed by atoms with Crippen molar-refractivity contribution in [1.29, 1.82) is 0 Å². The molecule has 3 aromatic rings. The maximum atomic E-state index is 12.5. The molecule has 0 saturated carbocycles. The fraction of sp³-hybridized carbons (Fsp3) is 0. The monoisotopic (exact) mass is 322 g/mol. The second kappa shape index (κ2) is 7.15. The summed E-state index contributed by atoms with van der Waals surface area (Å²) < 4.78 is 10.2. The Morgan fingerprint density at radius 1 is 0.875 bits per heavy atom. The molecule has 0 bridgehead atoms. The quantitative estimate of drug-likeness (QED) is 0.706. The largest absolute Gasteiger partial charge is 0.465 e. The molecule has 6 heteroatoms. The van der Waals surface area contributed by atoms with Crippen LogP contribution in [0.15, 0.2) is 81.7 Å². The smallest absolute Gasteiger partial charge is 0.291 e. The van der Waals surface area contributed by atoms with Gasteiger partial charge in [0.2, 0.25) is 0 Å². The topological polar surface area (TPSA) is 84.5 Å². The summed E-state index contributed by atoms with van der Waals surface area (Å²) in [6.45, 7) is 0. The van der Waals surface area contributed by atoms with E-state index in [0.717, 1.165) is 0 Å². The standard InChI is InChI=1S/C18H14N2O4/c21-17(19-13-6-2-1-3-7-13)15(12-14-8-4-10-23-14)20-18(22)16-9-5-11-24-16/h1-12H,(H,19,21)(H,20,22)/b15-12+. The summed E-state index contributed by atoms with van der Waals surface area (Å²) >= 11 is 0. The summed E-state index contributed by atoms with van der Waals surface area (Å²) in [5, 5.41) is 5.24. The van der Waals surface area contributed by atoms with Gasteiger partial charge in [-0.05, 0) is 36.4 Å². The predicted octanol–water partition coefficient (Wildman–Crippen LogP) is 3.28. The lowest BCUT2D eigenvalue weighted by molar-refractivity contribution is -0.113. The minimum Gasteiger partial charge on any atom is -0.465 e. The fourth-order valence-corrected chi connectivity index (χ4v) is 1.99. The number of carbonyl (C=O) groups excluding carboxylic acids is 2. The van der Waals surface area contributed by atoms with Gasteiger partial charge in [0.25, 0.3) is 11.8 Å². The van der Waals surface area contributed by atoms with Crippen molar-refractivity contribution >= 4 is 23.6 Å². The number of anilines is 1.